The average Bonchev–Trinajstić information content (AvgIpc) is 3.01. The summed E-state index contributed by atoms with van der Waals surface area (Å²) in [5.74, 6) is -0.294. The van der Waals surface area contributed by atoms with Gasteiger partial charge in [-0.2, -0.15) is 5.10 Å². The summed E-state index contributed by atoms with van der Waals surface area (Å²) in [6.45, 7) is 0.247. The third-order valence-electron chi connectivity index (χ3n) is 2.64. The van der Waals surface area contributed by atoms with Crippen LogP contribution in [0.2, 0.25) is 0 Å². The molecule has 9 heteroatoms. The van der Waals surface area contributed by atoms with Crippen LogP contribution in [-0.2, 0) is 6.54 Å². The SMILES string of the molecule is Nc1c(C(=O)NCc2csc(=O)[nH]2)sc2nnccc12. The highest BCUT2D eigenvalue weighted by molar-refractivity contribution is 7.21. The van der Waals surface area contributed by atoms with Crippen molar-refractivity contribution in [3.05, 3.63) is 37.9 Å². The van der Waals surface area contributed by atoms with E-state index in [9.17, 15) is 9.59 Å². The summed E-state index contributed by atoms with van der Waals surface area (Å²) < 4.78 is 0. The van der Waals surface area contributed by atoms with Crippen LogP contribution in [0.3, 0.4) is 0 Å². The summed E-state index contributed by atoms with van der Waals surface area (Å²) in [5.41, 5.74) is 7.00. The van der Waals surface area contributed by atoms with E-state index in [-0.39, 0.29) is 17.3 Å². The van der Waals surface area contributed by atoms with Gasteiger partial charge in [0.1, 0.15) is 9.71 Å². The van der Waals surface area contributed by atoms with Crippen molar-refractivity contribution in [2.45, 2.75) is 6.54 Å². The molecule has 0 bridgehead atoms. The fourth-order valence-electron chi connectivity index (χ4n) is 1.70. The number of aromatic amines is 1. The zero-order valence-electron chi connectivity index (χ0n) is 10.0. The minimum atomic E-state index is -0.294. The van der Waals surface area contributed by atoms with Crippen LogP contribution >= 0.6 is 22.7 Å². The van der Waals surface area contributed by atoms with Gasteiger partial charge in [-0.3, -0.25) is 9.59 Å². The third kappa shape index (κ3) is 2.28. The van der Waals surface area contributed by atoms with Gasteiger partial charge in [0.25, 0.3) is 5.91 Å². The number of aromatic nitrogens is 3. The van der Waals surface area contributed by atoms with Crippen molar-refractivity contribution in [3.63, 3.8) is 0 Å². The number of hydrogen-bond acceptors (Lipinski definition) is 7. The summed E-state index contributed by atoms with van der Waals surface area (Å²) in [7, 11) is 0. The number of thiazole rings is 1. The van der Waals surface area contributed by atoms with Gasteiger partial charge in [-0.25, -0.2) is 0 Å². The van der Waals surface area contributed by atoms with Crippen molar-refractivity contribution in [1.29, 1.82) is 0 Å². The van der Waals surface area contributed by atoms with Crippen LogP contribution in [0.25, 0.3) is 10.2 Å². The fourth-order valence-corrected chi connectivity index (χ4v) is 3.23. The molecule has 102 valence electrons. The van der Waals surface area contributed by atoms with Crippen LogP contribution in [0, 0.1) is 0 Å². The molecule has 0 atom stereocenters. The minimum Gasteiger partial charge on any atom is -0.397 e. The Morgan fingerprint density at radius 2 is 2.35 bits per heavy atom. The Labute approximate surface area is 120 Å². The smallest absolute Gasteiger partial charge is 0.304 e. The van der Waals surface area contributed by atoms with Crippen LogP contribution in [0.5, 0.6) is 0 Å². The Morgan fingerprint density at radius 3 is 3.05 bits per heavy atom. The highest BCUT2D eigenvalue weighted by atomic mass is 32.1. The lowest BCUT2D eigenvalue weighted by Crippen LogP contribution is -2.23. The average molecular weight is 307 g/mol. The molecule has 0 radical (unpaired) electrons. The van der Waals surface area contributed by atoms with Crippen molar-refractivity contribution < 1.29 is 4.79 Å². The summed E-state index contributed by atoms with van der Waals surface area (Å²) >= 11 is 2.25. The van der Waals surface area contributed by atoms with Gasteiger partial charge in [-0.05, 0) is 6.07 Å². The molecule has 3 aromatic rings. The van der Waals surface area contributed by atoms with E-state index in [2.05, 4.69) is 20.5 Å². The van der Waals surface area contributed by atoms with E-state index in [1.165, 1.54) is 17.5 Å². The van der Waals surface area contributed by atoms with Crippen molar-refractivity contribution in [2.24, 2.45) is 0 Å². The Kier molecular flexibility index (Phi) is 3.20. The number of carbonyl (C=O) groups is 1. The molecule has 20 heavy (non-hydrogen) atoms. The highest BCUT2D eigenvalue weighted by Crippen LogP contribution is 2.31. The van der Waals surface area contributed by atoms with Crippen LogP contribution in [0.1, 0.15) is 15.4 Å². The van der Waals surface area contributed by atoms with Crippen LogP contribution in [-0.4, -0.2) is 21.1 Å². The first-order valence-corrected chi connectivity index (χ1v) is 7.29. The number of thiophene rings is 1. The predicted molar refractivity (Wildman–Crippen MR) is 77.9 cm³/mol. The standard InChI is InChI=1S/C11H9N5O2S2/c12-7-6-1-2-14-16-10(6)20-8(7)9(17)13-3-5-4-19-11(18)15-5/h1-2,4H,3,12H2,(H,13,17)(H,15,18). The number of H-pyrrole nitrogens is 1. The molecule has 4 N–H and O–H groups in total. The number of amides is 1. The second kappa shape index (κ2) is 5.02. The summed E-state index contributed by atoms with van der Waals surface area (Å²) in [5, 5.41) is 12.8. The largest absolute Gasteiger partial charge is 0.397 e. The minimum absolute atomic E-state index is 0.147. The number of anilines is 1. The third-order valence-corrected chi connectivity index (χ3v) is 4.46. The van der Waals surface area contributed by atoms with E-state index in [0.29, 0.717) is 21.1 Å². The van der Waals surface area contributed by atoms with E-state index in [1.54, 1.807) is 11.4 Å². The highest BCUT2D eigenvalue weighted by Gasteiger charge is 2.17. The Morgan fingerprint density at radius 1 is 1.50 bits per heavy atom. The second-order valence-electron chi connectivity index (χ2n) is 3.95. The molecular formula is C11H9N5O2S2. The Balaban J connectivity index is 1.82. The summed E-state index contributed by atoms with van der Waals surface area (Å²) in [6, 6.07) is 1.72. The van der Waals surface area contributed by atoms with Crippen LogP contribution < -0.4 is 15.9 Å². The quantitative estimate of drug-likeness (QED) is 0.666. The normalized spacial score (nSPS) is 10.8. The lowest BCUT2D eigenvalue weighted by molar-refractivity contribution is 0.0955. The van der Waals surface area contributed by atoms with Gasteiger partial charge in [0, 0.05) is 16.5 Å². The number of rotatable bonds is 3. The van der Waals surface area contributed by atoms with Gasteiger partial charge in [-0.1, -0.05) is 11.3 Å². The van der Waals surface area contributed by atoms with E-state index < -0.39 is 0 Å². The van der Waals surface area contributed by atoms with Gasteiger partial charge in [0.2, 0.25) is 0 Å². The van der Waals surface area contributed by atoms with Gasteiger partial charge >= 0.3 is 4.87 Å². The number of nitrogen functional groups attached to an aromatic ring is 1. The van der Waals surface area contributed by atoms with Crippen LogP contribution in [0.15, 0.2) is 22.4 Å². The molecule has 0 aliphatic carbocycles. The second-order valence-corrected chi connectivity index (χ2v) is 5.79. The molecule has 0 fully saturated rings. The maximum atomic E-state index is 12.1. The van der Waals surface area contributed by atoms with E-state index >= 15 is 0 Å². The molecule has 0 aromatic carbocycles. The lowest BCUT2D eigenvalue weighted by atomic mass is 10.3. The van der Waals surface area contributed by atoms with Crippen molar-refractivity contribution in [3.8, 4) is 0 Å². The van der Waals surface area contributed by atoms with Gasteiger partial charge < -0.3 is 16.0 Å². The van der Waals surface area contributed by atoms with Gasteiger partial charge in [0.05, 0.1) is 18.4 Å². The first-order chi connectivity index (χ1) is 9.65. The molecule has 3 heterocycles. The summed E-state index contributed by atoms with van der Waals surface area (Å²) in [4.78, 5) is 26.6. The predicted octanol–water partition coefficient (Wildman–Crippen LogP) is 0.953. The van der Waals surface area contributed by atoms with Crippen molar-refractivity contribution >= 4 is 44.5 Å². The zero-order chi connectivity index (χ0) is 14.1. The molecule has 0 aliphatic rings. The number of carbonyl (C=O) groups excluding carboxylic acids is 1. The monoisotopic (exact) mass is 307 g/mol. The van der Waals surface area contributed by atoms with Gasteiger partial charge in [-0.15, -0.1) is 16.4 Å². The maximum Gasteiger partial charge on any atom is 0.304 e. The first kappa shape index (κ1) is 12.8. The maximum absolute atomic E-state index is 12.1. The molecule has 0 unspecified atom stereocenters. The zero-order valence-corrected chi connectivity index (χ0v) is 11.7. The van der Waals surface area contributed by atoms with E-state index in [4.69, 9.17) is 5.73 Å². The van der Waals surface area contributed by atoms with Crippen LogP contribution in [0.4, 0.5) is 5.69 Å². The molecule has 0 aliphatic heterocycles. The molecule has 0 spiro atoms. The first-order valence-electron chi connectivity index (χ1n) is 5.59. The number of hydrogen-bond donors (Lipinski definition) is 3. The molecule has 0 saturated heterocycles. The lowest BCUT2D eigenvalue weighted by Gasteiger charge is -2.02. The number of nitrogens with one attached hydrogen (secondary N) is 2. The van der Waals surface area contributed by atoms with Crippen molar-refractivity contribution in [1.82, 2.24) is 20.5 Å². The molecule has 1 amide bonds. The number of nitrogens with two attached hydrogens (primary N) is 1. The van der Waals surface area contributed by atoms with E-state index in [0.717, 1.165) is 16.7 Å². The van der Waals surface area contributed by atoms with Crippen molar-refractivity contribution in [2.75, 3.05) is 5.73 Å². The molecule has 7 nitrogen and oxygen atoms in total. The van der Waals surface area contributed by atoms with Gasteiger partial charge in [0.15, 0.2) is 0 Å². The fraction of sp³-hybridized carbons (Fsp3) is 0.0909. The summed E-state index contributed by atoms with van der Waals surface area (Å²) in [6.07, 6.45) is 1.53. The topological polar surface area (TPSA) is 114 Å². The molecule has 3 aromatic heterocycles. The number of nitrogens with zero attached hydrogens (tertiary/aromatic N) is 2. The Hall–Kier alpha value is -2.26. The molecular weight excluding hydrogens is 298 g/mol. The Bertz CT molecular complexity index is 835. The molecule has 3 rings (SSSR count). The van der Waals surface area contributed by atoms with E-state index in [1.807, 2.05) is 0 Å². The molecule has 0 saturated carbocycles. The number of fused-ring (bicyclic) bond motifs is 1.